The van der Waals surface area contributed by atoms with Crippen LogP contribution in [0.1, 0.15) is 11.4 Å². The molecule has 2 N–H and O–H groups in total. The first-order chi connectivity index (χ1) is 7.29. The Kier molecular flexibility index (Phi) is 3.18. The number of benzene rings is 1. The third-order valence-corrected chi connectivity index (χ3v) is 2.78. The van der Waals surface area contributed by atoms with Crippen molar-refractivity contribution in [1.29, 1.82) is 0 Å². The molecule has 0 spiro atoms. The second-order valence-electron chi connectivity index (χ2n) is 3.30. The maximum absolute atomic E-state index is 5.58. The maximum atomic E-state index is 5.58. The summed E-state index contributed by atoms with van der Waals surface area (Å²) >= 11 is 3.41. The zero-order valence-corrected chi connectivity index (χ0v) is 9.81. The van der Waals surface area contributed by atoms with E-state index >= 15 is 0 Å². The van der Waals surface area contributed by atoms with Gasteiger partial charge in [-0.05, 0) is 17.7 Å². The number of hydrogen-bond acceptors (Lipinski definition) is 2. The Morgan fingerprint density at radius 3 is 2.67 bits per heavy atom. The highest BCUT2D eigenvalue weighted by Gasteiger charge is 2.00. The second kappa shape index (κ2) is 4.59. The molecular weight excluding hydrogens is 254 g/mol. The van der Waals surface area contributed by atoms with Crippen LogP contribution in [0.5, 0.6) is 0 Å². The van der Waals surface area contributed by atoms with E-state index in [9.17, 15) is 0 Å². The number of nitrogens with two attached hydrogens (primary N) is 1. The van der Waals surface area contributed by atoms with Crippen LogP contribution in [-0.2, 0) is 13.1 Å². The topological polar surface area (TPSA) is 43.8 Å². The number of hydrogen-bond donors (Lipinski definition) is 1. The number of nitrogens with zero attached hydrogens (tertiary/aromatic N) is 2. The van der Waals surface area contributed by atoms with E-state index in [-0.39, 0.29) is 0 Å². The smallest absolute Gasteiger partial charge is 0.122 e. The van der Waals surface area contributed by atoms with Crippen LogP contribution in [-0.4, -0.2) is 9.55 Å². The number of rotatable bonds is 3. The van der Waals surface area contributed by atoms with Gasteiger partial charge in [0.2, 0.25) is 0 Å². The Bertz CT molecular complexity index is 433. The fourth-order valence-electron chi connectivity index (χ4n) is 1.46. The van der Waals surface area contributed by atoms with Gasteiger partial charge in [0.1, 0.15) is 5.82 Å². The van der Waals surface area contributed by atoms with E-state index in [2.05, 4.69) is 37.6 Å². The third kappa shape index (κ3) is 2.46. The van der Waals surface area contributed by atoms with E-state index in [1.165, 1.54) is 5.56 Å². The maximum Gasteiger partial charge on any atom is 0.122 e. The summed E-state index contributed by atoms with van der Waals surface area (Å²) < 4.78 is 3.15. The molecule has 0 saturated carbocycles. The SMILES string of the molecule is NCc1nccn1Cc1ccc(Br)cc1. The summed E-state index contributed by atoms with van der Waals surface area (Å²) in [5.41, 5.74) is 6.82. The van der Waals surface area contributed by atoms with Crippen molar-refractivity contribution < 1.29 is 0 Å². The molecule has 0 aliphatic rings. The van der Waals surface area contributed by atoms with Gasteiger partial charge in [0.05, 0.1) is 6.54 Å². The summed E-state index contributed by atoms with van der Waals surface area (Å²) in [6.45, 7) is 1.29. The number of aromatic nitrogens is 2. The minimum Gasteiger partial charge on any atom is -0.329 e. The summed E-state index contributed by atoms with van der Waals surface area (Å²) in [6.07, 6.45) is 3.73. The van der Waals surface area contributed by atoms with Crippen molar-refractivity contribution >= 4 is 15.9 Å². The van der Waals surface area contributed by atoms with E-state index in [0.717, 1.165) is 16.8 Å². The molecular formula is C11H12BrN3. The highest BCUT2D eigenvalue weighted by atomic mass is 79.9. The molecule has 0 bridgehead atoms. The van der Waals surface area contributed by atoms with Gasteiger partial charge in [0, 0.05) is 23.4 Å². The Labute approximate surface area is 97.1 Å². The Balaban J connectivity index is 2.18. The van der Waals surface area contributed by atoms with Crippen LogP contribution in [0.2, 0.25) is 0 Å². The predicted molar refractivity (Wildman–Crippen MR) is 63.4 cm³/mol. The third-order valence-electron chi connectivity index (χ3n) is 2.25. The Morgan fingerprint density at radius 1 is 1.27 bits per heavy atom. The molecule has 0 atom stereocenters. The molecule has 78 valence electrons. The Morgan fingerprint density at radius 2 is 2.00 bits per heavy atom. The van der Waals surface area contributed by atoms with Gasteiger partial charge in [-0.25, -0.2) is 4.98 Å². The molecule has 0 radical (unpaired) electrons. The van der Waals surface area contributed by atoms with Gasteiger partial charge in [-0.15, -0.1) is 0 Å². The zero-order valence-electron chi connectivity index (χ0n) is 8.23. The summed E-state index contributed by atoms with van der Waals surface area (Å²) in [5, 5.41) is 0. The van der Waals surface area contributed by atoms with Gasteiger partial charge in [-0.3, -0.25) is 0 Å². The molecule has 0 aliphatic heterocycles. The van der Waals surface area contributed by atoms with Crippen molar-refractivity contribution in [3.63, 3.8) is 0 Å². The molecule has 0 aliphatic carbocycles. The average Bonchev–Trinajstić information content (AvgIpc) is 2.69. The predicted octanol–water partition coefficient (Wildman–Crippen LogP) is 2.15. The van der Waals surface area contributed by atoms with Crippen molar-refractivity contribution in [2.24, 2.45) is 5.73 Å². The van der Waals surface area contributed by atoms with E-state index in [1.54, 1.807) is 6.20 Å². The van der Waals surface area contributed by atoms with Gasteiger partial charge in [0.25, 0.3) is 0 Å². The van der Waals surface area contributed by atoms with E-state index < -0.39 is 0 Å². The zero-order chi connectivity index (χ0) is 10.7. The molecule has 0 unspecified atom stereocenters. The number of imidazole rings is 1. The van der Waals surface area contributed by atoms with E-state index in [4.69, 9.17) is 5.73 Å². The standard InChI is InChI=1S/C11H12BrN3/c12-10-3-1-9(2-4-10)8-15-6-5-14-11(15)7-13/h1-6H,7-8,13H2. The summed E-state index contributed by atoms with van der Waals surface area (Å²) in [7, 11) is 0. The quantitative estimate of drug-likeness (QED) is 0.925. The lowest BCUT2D eigenvalue weighted by atomic mass is 10.2. The van der Waals surface area contributed by atoms with Gasteiger partial charge in [-0.1, -0.05) is 28.1 Å². The van der Waals surface area contributed by atoms with Crippen LogP contribution in [0.25, 0.3) is 0 Å². The molecule has 0 fully saturated rings. The van der Waals surface area contributed by atoms with Crippen molar-refractivity contribution in [2.45, 2.75) is 13.1 Å². The Hall–Kier alpha value is -1.13. The molecule has 3 nitrogen and oxygen atoms in total. The van der Waals surface area contributed by atoms with Gasteiger partial charge in [-0.2, -0.15) is 0 Å². The first kappa shape index (κ1) is 10.4. The molecule has 4 heteroatoms. The van der Waals surface area contributed by atoms with Crippen LogP contribution >= 0.6 is 15.9 Å². The largest absolute Gasteiger partial charge is 0.329 e. The van der Waals surface area contributed by atoms with Crippen LogP contribution in [0.4, 0.5) is 0 Å². The lowest BCUT2D eigenvalue weighted by Crippen LogP contribution is -2.08. The lowest BCUT2D eigenvalue weighted by molar-refractivity contribution is 0.724. The number of halogens is 1. The normalized spacial score (nSPS) is 10.5. The molecule has 2 aromatic rings. The van der Waals surface area contributed by atoms with Gasteiger partial charge >= 0.3 is 0 Å². The minimum absolute atomic E-state index is 0.476. The van der Waals surface area contributed by atoms with Crippen molar-refractivity contribution in [1.82, 2.24) is 9.55 Å². The summed E-state index contributed by atoms with van der Waals surface area (Å²) in [5.74, 6) is 0.915. The molecule has 15 heavy (non-hydrogen) atoms. The average molecular weight is 266 g/mol. The van der Waals surface area contributed by atoms with Crippen molar-refractivity contribution in [3.05, 3.63) is 52.5 Å². The van der Waals surface area contributed by atoms with Gasteiger partial charge < -0.3 is 10.3 Å². The van der Waals surface area contributed by atoms with Crippen LogP contribution in [0, 0.1) is 0 Å². The lowest BCUT2D eigenvalue weighted by Gasteiger charge is -2.06. The highest BCUT2D eigenvalue weighted by molar-refractivity contribution is 9.10. The first-order valence-electron chi connectivity index (χ1n) is 4.74. The molecule has 2 rings (SSSR count). The first-order valence-corrected chi connectivity index (χ1v) is 5.53. The second-order valence-corrected chi connectivity index (χ2v) is 4.22. The van der Waals surface area contributed by atoms with Crippen molar-refractivity contribution in [3.8, 4) is 0 Å². The van der Waals surface area contributed by atoms with Crippen LogP contribution in [0.3, 0.4) is 0 Å². The molecule has 1 heterocycles. The minimum atomic E-state index is 0.476. The van der Waals surface area contributed by atoms with Gasteiger partial charge in [0.15, 0.2) is 0 Å². The highest BCUT2D eigenvalue weighted by Crippen LogP contribution is 2.12. The summed E-state index contributed by atoms with van der Waals surface area (Å²) in [4.78, 5) is 4.18. The van der Waals surface area contributed by atoms with E-state index in [1.807, 2.05) is 18.3 Å². The molecule has 0 saturated heterocycles. The fourth-order valence-corrected chi connectivity index (χ4v) is 1.72. The van der Waals surface area contributed by atoms with Crippen LogP contribution in [0.15, 0.2) is 41.1 Å². The molecule has 1 aromatic carbocycles. The van der Waals surface area contributed by atoms with Crippen molar-refractivity contribution in [2.75, 3.05) is 0 Å². The fraction of sp³-hybridized carbons (Fsp3) is 0.182. The monoisotopic (exact) mass is 265 g/mol. The van der Waals surface area contributed by atoms with E-state index in [0.29, 0.717) is 6.54 Å². The van der Waals surface area contributed by atoms with Crippen LogP contribution < -0.4 is 5.73 Å². The molecule has 1 aromatic heterocycles. The molecule has 0 amide bonds. The summed E-state index contributed by atoms with van der Waals surface area (Å²) in [6, 6.07) is 8.25.